The van der Waals surface area contributed by atoms with Crippen molar-refractivity contribution in [3.05, 3.63) is 60.4 Å². The van der Waals surface area contributed by atoms with E-state index in [-0.39, 0.29) is 6.61 Å². The Balaban J connectivity index is 2.04. The topological polar surface area (TPSA) is 58.1 Å². The lowest BCUT2D eigenvalue weighted by molar-refractivity contribution is 0.267. The lowest BCUT2D eigenvalue weighted by Crippen LogP contribution is -1.97. The van der Waals surface area contributed by atoms with Crippen molar-refractivity contribution in [3.63, 3.8) is 0 Å². The van der Waals surface area contributed by atoms with E-state index < -0.39 is 0 Å². The highest BCUT2D eigenvalue weighted by Crippen LogP contribution is 2.31. The number of aliphatic hydroxyl groups excluding tert-OH is 1. The summed E-state index contributed by atoms with van der Waals surface area (Å²) in [6.45, 7) is 2.44. The van der Waals surface area contributed by atoms with Gasteiger partial charge in [0.2, 0.25) is 0 Å². The first-order valence-electron chi connectivity index (χ1n) is 7.29. The molecule has 0 aliphatic rings. The van der Waals surface area contributed by atoms with Gasteiger partial charge < -0.3 is 14.8 Å². The molecule has 0 aliphatic heterocycles. The van der Waals surface area contributed by atoms with Gasteiger partial charge in [-0.25, -0.2) is 4.98 Å². The van der Waals surface area contributed by atoms with Crippen LogP contribution in [0, 0.1) is 0 Å². The van der Waals surface area contributed by atoms with E-state index in [1.165, 1.54) is 0 Å². The summed E-state index contributed by atoms with van der Waals surface area (Å²) in [7, 11) is 0. The Kier molecular flexibility index (Phi) is 4.21. The van der Waals surface area contributed by atoms with Crippen LogP contribution in [0.2, 0.25) is 0 Å². The Morgan fingerprint density at radius 2 is 1.91 bits per heavy atom. The van der Waals surface area contributed by atoms with Gasteiger partial charge in [0.1, 0.15) is 5.75 Å². The van der Waals surface area contributed by atoms with Gasteiger partial charge in [0.15, 0.2) is 0 Å². The molecular formula is C18H18N2O2. The monoisotopic (exact) mass is 294 g/mol. The van der Waals surface area contributed by atoms with Crippen molar-refractivity contribution in [2.24, 2.45) is 0 Å². The Labute approximate surface area is 129 Å². The van der Waals surface area contributed by atoms with E-state index in [2.05, 4.69) is 9.97 Å². The number of H-pyrrole nitrogens is 1. The standard InChI is InChI=1S/C18H18N2O2/c1-2-22-16-9-8-14(10-15(16)11-21)18-17(19-12-20-18)13-6-4-3-5-7-13/h3-10,12,21H,2,11H2,1H3,(H,19,20). The van der Waals surface area contributed by atoms with Crippen molar-refractivity contribution in [2.45, 2.75) is 13.5 Å². The second-order valence-electron chi connectivity index (χ2n) is 4.91. The predicted octanol–water partition coefficient (Wildman–Crippen LogP) is 3.63. The Hall–Kier alpha value is -2.59. The Morgan fingerprint density at radius 3 is 2.64 bits per heavy atom. The molecule has 3 rings (SSSR count). The van der Waals surface area contributed by atoms with Crippen LogP contribution in [0.1, 0.15) is 12.5 Å². The first-order valence-corrected chi connectivity index (χ1v) is 7.29. The van der Waals surface area contributed by atoms with Crippen molar-refractivity contribution in [2.75, 3.05) is 6.61 Å². The van der Waals surface area contributed by atoms with Gasteiger partial charge in [-0.1, -0.05) is 30.3 Å². The molecule has 112 valence electrons. The number of aromatic nitrogens is 2. The molecule has 0 bridgehead atoms. The zero-order valence-corrected chi connectivity index (χ0v) is 12.4. The van der Waals surface area contributed by atoms with Gasteiger partial charge in [-0.2, -0.15) is 0 Å². The van der Waals surface area contributed by atoms with Crippen molar-refractivity contribution < 1.29 is 9.84 Å². The molecule has 4 heteroatoms. The van der Waals surface area contributed by atoms with Gasteiger partial charge in [0.05, 0.1) is 30.9 Å². The summed E-state index contributed by atoms with van der Waals surface area (Å²) in [6.07, 6.45) is 1.69. The highest BCUT2D eigenvalue weighted by atomic mass is 16.5. The molecule has 2 N–H and O–H groups in total. The molecule has 0 saturated heterocycles. The molecule has 0 fully saturated rings. The number of nitrogens with zero attached hydrogens (tertiary/aromatic N) is 1. The summed E-state index contributed by atoms with van der Waals surface area (Å²) in [5, 5.41) is 9.55. The first-order chi connectivity index (χ1) is 10.8. The summed E-state index contributed by atoms with van der Waals surface area (Å²) in [4.78, 5) is 7.63. The van der Waals surface area contributed by atoms with Gasteiger partial charge in [-0.15, -0.1) is 0 Å². The van der Waals surface area contributed by atoms with Crippen molar-refractivity contribution >= 4 is 0 Å². The van der Waals surface area contributed by atoms with Crippen LogP contribution in [0.5, 0.6) is 5.75 Å². The molecule has 0 atom stereocenters. The number of ether oxygens (including phenoxy) is 1. The Morgan fingerprint density at radius 1 is 1.09 bits per heavy atom. The number of aliphatic hydroxyl groups is 1. The molecule has 22 heavy (non-hydrogen) atoms. The molecule has 0 unspecified atom stereocenters. The number of imidazole rings is 1. The zero-order chi connectivity index (χ0) is 15.4. The van der Waals surface area contributed by atoms with Crippen LogP contribution in [0.3, 0.4) is 0 Å². The van der Waals surface area contributed by atoms with Gasteiger partial charge in [-0.3, -0.25) is 0 Å². The maximum atomic E-state index is 9.55. The lowest BCUT2D eigenvalue weighted by atomic mass is 10.0. The minimum atomic E-state index is -0.0612. The zero-order valence-electron chi connectivity index (χ0n) is 12.4. The van der Waals surface area contributed by atoms with Crippen LogP contribution in [0.25, 0.3) is 22.5 Å². The van der Waals surface area contributed by atoms with E-state index >= 15 is 0 Å². The largest absolute Gasteiger partial charge is 0.494 e. The fourth-order valence-corrected chi connectivity index (χ4v) is 2.48. The number of nitrogens with one attached hydrogen (secondary N) is 1. The highest BCUT2D eigenvalue weighted by Gasteiger charge is 2.12. The number of benzene rings is 2. The molecule has 2 aromatic carbocycles. The molecule has 1 aromatic heterocycles. The van der Waals surface area contributed by atoms with Crippen LogP contribution in [-0.2, 0) is 6.61 Å². The molecule has 0 radical (unpaired) electrons. The number of hydrogen-bond acceptors (Lipinski definition) is 3. The molecule has 0 saturated carbocycles. The predicted molar refractivity (Wildman–Crippen MR) is 86.6 cm³/mol. The van der Waals surface area contributed by atoms with E-state index in [9.17, 15) is 5.11 Å². The van der Waals surface area contributed by atoms with E-state index in [0.717, 1.165) is 28.1 Å². The third-order valence-corrected chi connectivity index (χ3v) is 3.51. The molecule has 0 aliphatic carbocycles. The molecule has 0 spiro atoms. The molecular weight excluding hydrogens is 276 g/mol. The van der Waals surface area contributed by atoms with Gasteiger partial charge in [-0.05, 0) is 25.1 Å². The molecule has 3 aromatic rings. The maximum absolute atomic E-state index is 9.55. The summed E-state index contributed by atoms with van der Waals surface area (Å²) < 4.78 is 5.53. The molecule has 1 heterocycles. The molecule has 4 nitrogen and oxygen atoms in total. The normalized spacial score (nSPS) is 10.6. The van der Waals surface area contributed by atoms with Crippen molar-refractivity contribution in [1.29, 1.82) is 0 Å². The molecule has 0 amide bonds. The first kappa shape index (κ1) is 14.4. The third-order valence-electron chi connectivity index (χ3n) is 3.51. The van der Waals surface area contributed by atoms with Gasteiger partial charge >= 0.3 is 0 Å². The van der Waals surface area contributed by atoms with Crippen LogP contribution in [-0.4, -0.2) is 21.7 Å². The third kappa shape index (κ3) is 2.73. The van der Waals surface area contributed by atoms with Crippen LogP contribution in [0.15, 0.2) is 54.9 Å². The fourth-order valence-electron chi connectivity index (χ4n) is 2.48. The minimum absolute atomic E-state index is 0.0612. The second kappa shape index (κ2) is 6.45. The van der Waals surface area contributed by atoms with Gasteiger partial charge in [0.25, 0.3) is 0 Å². The van der Waals surface area contributed by atoms with Crippen molar-refractivity contribution in [1.82, 2.24) is 9.97 Å². The van der Waals surface area contributed by atoms with Crippen LogP contribution >= 0.6 is 0 Å². The summed E-state index contributed by atoms with van der Waals surface area (Å²) in [6, 6.07) is 15.8. The Bertz CT molecular complexity index is 751. The summed E-state index contributed by atoms with van der Waals surface area (Å²) >= 11 is 0. The van der Waals surface area contributed by atoms with E-state index in [1.807, 2.05) is 55.5 Å². The van der Waals surface area contributed by atoms with Gasteiger partial charge in [0, 0.05) is 16.7 Å². The van der Waals surface area contributed by atoms with E-state index in [0.29, 0.717) is 12.4 Å². The minimum Gasteiger partial charge on any atom is -0.494 e. The average molecular weight is 294 g/mol. The van der Waals surface area contributed by atoms with E-state index in [4.69, 9.17) is 4.74 Å². The van der Waals surface area contributed by atoms with Crippen LogP contribution < -0.4 is 4.74 Å². The fraction of sp³-hybridized carbons (Fsp3) is 0.167. The number of hydrogen-bond donors (Lipinski definition) is 2. The highest BCUT2D eigenvalue weighted by molar-refractivity contribution is 5.78. The summed E-state index contributed by atoms with van der Waals surface area (Å²) in [5.74, 6) is 0.713. The number of rotatable bonds is 5. The summed E-state index contributed by atoms with van der Waals surface area (Å²) in [5.41, 5.74) is 4.63. The number of aromatic amines is 1. The van der Waals surface area contributed by atoms with Crippen molar-refractivity contribution in [3.8, 4) is 28.3 Å². The SMILES string of the molecule is CCOc1ccc(-c2nc[nH]c2-c2ccccc2)cc1CO. The average Bonchev–Trinajstić information content (AvgIpc) is 3.06. The smallest absolute Gasteiger partial charge is 0.124 e. The quantitative estimate of drug-likeness (QED) is 0.755. The maximum Gasteiger partial charge on any atom is 0.124 e. The lowest BCUT2D eigenvalue weighted by Gasteiger charge is -2.10. The van der Waals surface area contributed by atoms with E-state index in [1.54, 1.807) is 6.33 Å². The second-order valence-corrected chi connectivity index (χ2v) is 4.91. The van der Waals surface area contributed by atoms with Crippen LogP contribution in [0.4, 0.5) is 0 Å².